The number of carbonyl (C=O) groups is 1. The first-order chi connectivity index (χ1) is 13.2. The zero-order valence-corrected chi connectivity index (χ0v) is 15.6. The van der Waals surface area contributed by atoms with Gasteiger partial charge in [-0.25, -0.2) is 0 Å². The van der Waals surface area contributed by atoms with Gasteiger partial charge in [0.1, 0.15) is 11.5 Å². The van der Waals surface area contributed by atoms with Crippen LogP contribution in [0.25, 0.3) is 0 Å². The van der Waals surface area contributed by atoms with Crippen LogP contribution < -0.4 is 10.5 Å². The second-order valence-corrected chi connectivity index (χ2v) is 7.35. The lowest BCUT2D eigenvalue weighted by Crippen LogP contribution is -2.35. The number of amides is 1. The minimum absolute atomic E-state index is 0.0913. The molecule has 2 aromatic carbocycles. The van der Waals surface area contributed by atoms with E-state index < -0.39 is 0 Å². The van der Waals surface area contributed by atoms with Gasteiger partial charge in [0.05, 0.1) is 0 Å². The molecule has 0 spiro atoms. The maximum Gasteiger partial charge on any atom is 0.253 e. The van der Waals surface area contributed by atoms with Gasteiger partial charge in [0, 0.05) is 49.9 Å². The Kier molecular flexibility index (Phi) is 5.41. The Labute approximate surface area is 160 Å². The lowest BCUT2D eigenvalue weighted by Gasteiger charge is -2.22. The van der Waals surface area contributed by atoms with E-state index in [-0.39, 0.29) is 5.91 Å². The van der Waals surface area contributed by atoms with Crippen molar-refractivity contribution in [2.45, 2.75) is 31.8 Å². The molecule has 0 bridgehead atoms. The third-order valence-corrected chi connectivity index (χ3v) is 5.38. The van der Waals surface area contributed by atoms with Gasteiger partial charge in [0.15, 0.2) is 0 Å². The van der Waals surface area contributed by atoms with Crippen molar-refractivity contribution in [3.05, 3.63) is 59.7 Å². The molecule has 142 valence electrons. The maximum atomic E-state index is 13.0. The molecule has 1 amide bonds. The predicted octanol–water partition coefficient (Wildman–Crippen LogP) is 3.25. The first kappa shape index (κ1) is 18.0. The molecule has 1 aliphatic carbocycles. The summed E-state index contributed by atoms with van der Waals surface area (Å²) >= 11 is 0. The van der Waals surface area contributed by atoms with E-state index in [0.29, 0.717) is 17.9 Å². The van der Waals surface area contributed by atoms with E-state index in [4.69, 9.17) is 10.5 Å². The molecule has 1 saturated heterocycles. The molecule has 0 radical (unpaired) electrons. The van der Waals surface area contributed by atoms with Crippen molar-refractivity contribution in [3.63, 3.8) is 0 Å². The Morgan fingerprint density at radius 1 is 1.04 bits per heavy atom. The highest BCUT2D eigenvalue weighted by atomic mass is 16.5. The average Bonchev–Trinajstić information content (AvgIpc) is 3.55. The monoisotopic (exact) mass is 365 g/mol. The van der Waals surface area contributed by atoms with Crippen LogP contribution in [0.4, 0.5) is 0 Å². The largest absolute Gasteiger partial charge is 0.457 e. The number of carbonyl (C=O) groups excluding carboxylic acids is 1. The number of hydrogen-bond donors (Lipinski definition) is 1. The van der Waals surface area contributed by atoms with Gasteiger partial charge < -0.3 is 15.4 Å². The molecule has 2 aliphatic rings. The van der Waals surface area contributed by atoms with E-state index in [1.807, 2.05) is 53.4 Å². The Balaban J connectivity index is 1.47. The fraction of sp³-hybridized carbons (Fsp3) is 0.409. The molecule has 5 heteroatoms. The molecule has 0 atom stereocenters. The predicted molar refractivity (Wildman–Crippen MR) is 106 cm³/mol. The normalized spacial score (nSPS) is 18.2. The summed E-state index contributed by atoms with van der Waals surface area (Å²) in [7, 11) is 0. The third kappa shape index (κ3) is 4.31. The summed E-state index contributed by atoms with van der Waals surface area (Å²) in [5.74, 6) is 1.56. The number of benzene rings is 2. The van der Waals surface area contributed by atoms with Gasteiger partial charge in [0.2, 0.25) is 0 Å². The SMILES string of the molecule is NCc1cc(C(=O)N2CCCN(C3CC3)CC2)ccc1Oc1ccccc1. The highest BCUT2D eigenvalue weighted by Gasteiger charge is 2.31. The van der Waals surface area contributed by atoms with Crippen LogP contribution >= 0.6 is 0 Å². The Hall–Kier alpha value is -2.37. The van der Waals surface area contributed by atoms with Crippen molar-refractivity contribution in [1.29, 1.82) is 0 Å². The number of nitrogens with zero attached hydrogens (tertiary/aromatic N) is 2. The first-order valence-corrected chi connectivity index (χ1v) is 9.84. The molecule has 1 aliphatic heterocycles. The fourth-order valence-electron chi connectivity index (χ4n) is 3.71. The zero-order valence-electron chi connectivity index (χ0n) is 15.6. The van der Waals surface area contributed by atoms with Gasteiger partial charge in [-0.1, -0.05) is 18.2 Å². The van der Waals surface area contributed by atoms with Crippen LogP contribution in [0.5, 0.6) is 11.5 Å². The Bertz CT molecular complexity index is 789. The second kappa shape index (κ2) is 8.11. The van der Waals surface area contributed by atoms with Crippen molar-refractivity contribution < 1.29 is 9.53 Å². The van der Waals surface area contributed by atoms with Crippen LogP contribution in [0, 0.1) is 0 Å². The fourth-order valence-corrected chi connectivity index (χ4v) is 3.71. The summed E-state index contributed by atoms with van der Waals surface area (Å²) in [5.41, 5.74) is 7.46. The summed E-state index contributed by atoms with van der Waals surface area (Å²) in [4.78, 5) is 17.5. The van der Waals surface area contributed by atoms with E-state index in [0.717, 1.165) is 50.0 Å². The molecule has 27 heavy (non-hydrogen) atoms. The standard InChI is InChI=1S/C22H27N3O2/c23-16-18-15-17(7-10-21(18)27-20-5-2-1-3-6-20)22(26)25-12-4-11-24(13-14-25)19-8-9-19/h1-3,5-7,10,15,19H,4,8-9,11-14,16,23H2. The third-order valence-electron chi connectivity index (χ3n) is 5.38. The second-order valence-electron chi connectivity index (χ2n) is 7.35. The average molecular weight is 365 g/mol. The summed E-state index contributed by atoms with van der Waals surface area (Å²) in [6, 6.07) is 16.0. The molecule has 1 saturated carbocycles. The topological polar surface area (TPSA) is 58.8 Å². The van der Waals surface area contributed by atoms with Gasteiger partial charge in [-0.2, -0.15) is 0 Å². The minimum atomic E-state index is 0.0913. The van der Waals surface area contributed by atoms with Gasteiger partial charge in [-0.15, -0.1) is 0 Å². The number of nitrogens with two attached hydrogens (primary N) is 1. The molecular weight excluding hydrogens is 338 g/mol. The van der Waals surface area contributed by atoms with Crippen molar-refractivity contribution >= 4 is 5.91 Å². The molecule has 2 N–H and O–H groups in total. The molecule has 4 rings (SSSR count). The van der Waals surface area contributed by atoms with Gasteiger partial charge in [-0.05, 0) is 49.6 Å². The highest BCUT2D eigenvalue weighted by molar-refractivity contribution is 5.94. The van der Waals surface area contributed by atoms with Crippen LogP contribution in [0.3, 0.4) is 0 Å². The van der Waals surface area contributed by atoms with Gasteiger partial charge >= 0.3 is 0 Å². The number of ether oxygens (including phenoxy) is 1. The van der Waals surface area contributed by atoms with Crippen molar-refractivity contribution in [1.82, 2.24) is 9.80 Å². The van der Waals surface area contributed by atoms with Crippen LogP contribution in [0.2, 0.25) is 0 Å². The van der Waals surface area contributed by atoms with Crippen LogP contribution in [-0.4, -0.2) is 47.9 Å². The van der Waals surface area contributed by atoms with Crippen molar-refractivity contribution in [3.8, 4) is 11.5 Å². The minimum Gasteiger partial charge on any atom is -0.457 e. The first-order valence-electron chi connectivity index (χ1n) is 9.84. The lowest BCUT2D eigenvalue weighted by molar-refractivity contribution is 0.0761. The summed E-state index contributed by atoms with van der Waals surface area (Å²) in [6.07, 6.45) is 3.68. The van der Waals surface area contributed by atoms with E-state index in [2.05, 4.69) is 4.90 Å². The van der Waals surface area contributed by atoms with Gasteiger partial charge in [0.25, 0.3) is 5.91 Å². The van der Waals surface area contributed by atoms with Crippen LogP contribution in [0.15, 0.2) is 48.5 Å². The van der Waals surface area contributed by atoms with E-state index in [9.17, 15) is 4.79 Å². The highest BCUT2D eigenvalue weighted by Crippen LogP contribution is 2.29. The molecule has 0 aromatic heterocycles. The van der Waals surface area contributed by atoms with Crippen LogP contribution in [-0.2, 0) is 6.54 Å². The van der Waals surface area contributed by atoms with Crippen molar-refractivity contribution in [2.75, 3.05) is 26.2 Å². The molecule has 5 nitrogen and oxygen atoms in total. The zero-order chi connectivity index (χ0) is 18.6. The molecule has 2 fully saturated rings. The molecular formula is C22H27N3O2. The van der Waals surface area contributed by atoms with Crippen molar-refractivity contribution in [2.24, 2.45) is 5.73 Å². The molecule has 0 unspecified atom stereocenters. The lowest BCUT2D eigenvalue weighted by atomic mass is 10.1. The van der Waals surface area contributed by atoms with Gasteiger partial charge in [-0.3, -0.25) is 9.69 Å². The quantitative estimate of drug-likeness (QED) is 0.884. The number of hydrogen-bond acceptors (Lipinski definition) is 4. The summed E-state index contributed by atoms with van der Waals surface area (Å²) in [5, 5.41) is 0. The van der Waals surface area contributed by atoms with E-state index >= 15 is 0 Å². The summed E-state index contributed by atoms with van der Waals surface area (Å²) < 4.78 is 5.94. The Morgan fingerprint density at radius 2 is 1.85 bits per heavy atom. The molecule has 2 aromatic rings. The number of para-hydroxylation sites is 1. The summed E-state index contributed by atoms with van der Waals surface area (Å²) in [6.45, 7) is 4.04. The molecule has 1 heterocycles. The smallest absolute Gasteiger partial charge is 0.253 e. The van der Waals surface area contributed by atoms with E-state index in [1.54, 1.807) is 0 Å². The van der Waals surface area contributed by atoms with Crippen LogP contribution in [0.1, 0.15) is 35.2 Å². The number of rotatable bonds is 5. The Morgan fingerprint density at radius 3 is 2.59 bits per heavy atom. The van der Waals surface area contributed by atoms with E-state index in [1.165, 1.54) is 12.8 Å². The maximum absolute atomic E-state index is 13.0.